The number of rotatable bonds is 2. The van der Waals surface area contributed by atoms with Crippen molar-refractivity contribution in [2.45, 2.75) is 6.42 Å². The van der Waals surface area contributed by atoms with Crippen LogP contribution in [0.4, 0.5) is 5.13 Å². The lowest BCUT2D eigenvalue weighted by atomic mass is 10.2. The molecule has 1 saturated heterocycles. The van der Waals surface area contributed by atoms with Gasteiger partial charge in [-0.1, -0.05) is 23.5 Å². The summed E-state index contributed by atoms with van der Waals surface area (Å²) in [4.78, 5) is 26.4. The average Bonchev–Trinajstić information content (AvgIpc) is 3.22. The van der Waals surface area contributed by atoms with E-state index >= 15 is 0 Å². The lowest BCUT2D eigenvalue weighted by Crippen LogP contribution is -2.35. The molecule has 1 amide bonds. The van der Waals surface area contributed by atoms with E-state index < -0.39 is 0 Å². The molecule has 1 aromatic carbocycles. The largest absolute Gasteiger partial charge is 0.346 e. The fraction of sp³-hybridized carbons (Fsp3) is 0.300. The Kier molecular flexibility index (Phi) is 4.20. The highest BCUT2D eigenvalue weighted by Gasteiger charge is 2.22. The molecule has 0 bridgehead atoms. The number of aromatic nitrogens is 4. The van der Waals surface area contributed by atoms with Crippen molar-refractivity contribution in [3.8, 4) is 0 Å². The van der Waals surface area contributed by atoms with Gasteiger partial charge < -0.3 is 9.80 Å². The molecule has 8 heteroatoms. The predicted octanol–water partition coefficient (Wildman–Crippen LogP) is 2.93. The van der Waals surface area contributed by atoms with Gasteiger partial charge in [0.2, 0.25) is 0 Å². The van der Waals surface area contributed by atoms with Crippen LogP contribution in [0, 0.1) is 0 Å². The zero-order valence-corrected chi connectivity index (χ0v) is 16.4. The number of hydrogen-bond donors (Lipinski definition) is 0. The first kappa shape index (κ1) is 17.1. The normalized spacial score (nSPS) is 15.3. The molecule has 0 N–H and O–H groups in total. The van der Waals surface area contributed by atoms with Crippen molar-refractivity contribution in [3.05, 3.63) is 48.3 Å². The smallest absolute Gasteiger partial charge is 0.255 e. The van der Waals surface area contributed by atoms with Gasteiger partial charge in [-0.3, -0.25) is 14.5 Å². The second-order valence-electron chi connectivity index (χ2n) is 6.99. The highest BCUT2D eigenvalue weighted by atomic mass is 32.1. The second kappa shape index (κ2) is 6.87. The fourth-order valence-electron chi connectivity index (χ4n) is 3.63. The van der Waals surface area contributed by atoms with Crippen LogP contribution in [-0.2, 0) is 7.05 Å². The van der Waals surface area contributed by atoms with E-state index in [1.54, 1.807) is 28.4 Å². The maximum Gasteiger partial charge on any atom is 0.255 e. The van der Waals surface area contributed by atoms with Crippen molar-refractivity contribution < 1.29 is 4.79 Å². The molecule has 0 atom stereocenters. The second-order valence-corrected chi connectivity index (χ2v) is 8.00. The number of anilines is 1. The molecule has 0 unspecified atom stereocenters. The maximum absolute atomic E-state index is 13.0. The number of para-hydroxylation sites is 1. The Morgan fingerprint density at radius 1 is 1.07 bits per heavy atom. The Bertz CT molecular complexity index is 1130. The summed E-state index contributed by atoms with van der Waals surface area (Å²) in [5.74, 6) is 0.0294. The predicted molar refractivity (Wildman–Crippen MR) is 111 cm³/mol. The lowest BCUT2D eigenvalue weighted by Gasteiger charge is -2.21. The van der Waals surface area contributed by atoms with Crippen LogP contribution in [0.1, 0.15) is 16.8 Å². The molecule has 142 valence electrons. The van der Waals surface area contributed by atoms with Gasteiger partial charge in [0.05, 0.1) is 27.5 Å². The molecule has 0 saturated carbocycles. The van der Waals surface area contributed by atoms with Gasteiger partial charge in [0.1, 0.15) is 5.52 Å². The third-order valence-electron chi connectivity index (χ3n) is 5.18. The third kappa shape index (κ3) is 2.99. The Labute approximate surface area is 166 Å². The molecule has 0 radical (unpaired) electrons. The molecular weight excluding hydrogens is 372 g/mol. The summed E-state index contributed by atoms with van der Waals surface area (Å²) in [6, 6.07) is 10.1. The Morgan fingerprint density at radius 3 is 2.86 bits per heavy atom. The maximum atomic E-state index is 13.0. The summed E-state index contributed by atoms with van der Waals surface area (Å²) in [6.45, 7) is 3.11. The number of carbonyl (C=O) groups is 1. The van der Waals surface area contributed by atoms with E-state index in [9.17, 15) is 4.79 Å². The van der Waals surface area contributed by atoms with Gasteiger partial charge in [-0.15, -0.1) is 0 Å². The van der Waals surface area contributed by atoms with Crippen LogP contribution in [0.25, 0.3) is 21.3 Å². The lowest BCUT2D eigenvalue weighted by molar-refractivity contribution is 0.0767. The van der Waals surface area contributed by atoms with Crippen LogP contribution in [-0.4, -0.2) is 56.7 Å². The van der Waals surface area contributed by atoms with Crippen molar-refractivity contribution in [3.63, 3.8) is 0 Å². The first-order chi connectivity index (χ1) is 13.7. The van der Waals surface area contributed by atoms with Crippen LogP contribution in [0.5, 0.6) is 0 Å². The molecule has 28 heavy (non-hydrogen) atoms. The zero-order valence-electron chi connectivity index (χ0n) is 15.6. The van der Waals surface area contributed by atoms with E-state index in [2.05, 4.69) is 21.0 Å². The molecule has 3 aromatic heterocycles. The quantitative estimate of drug-likeness (QED) is 0.525. The summed E-state index contributed by atoms with van der Waals surface area (Å²) in [5.41, 5.74) is 3.33. The molecule has 0 aliphatic carbocycles. The van der Waals surface area contributed by atoms with Gasteiger partial charge in [0, 0.05) is 39.4 Å². The Hall–Kier alpha value is -3.00. The minimum absolute atomic E-state index is 0.0294. The first-order valence-corrected chi connectivity index (χ1v) is 10.2. The van der Waals surface area contributed by atoms with Crippen molar-refractivity contribution in [1.29, 1.82) is 0 Å². The third-order valence-corrected chi connectivity index (χ3v) is 6.28. The number of pyridine rings is 1. The molecule has 1 fully saturated rings. The van der Waals surface area contributed by atoms with Gasteiger partial charge in [-0.05, 0) is 24.6 Å². The van der Waals surface area contributed by atoms with Crippen LogP contribution in [0.15, 0.2) is 42.7 Å². The summed E-state index contributed by atoms with van der Waals surface area (Å²) in [5, 5.41) is 5.24. The van der Waals surface area contributed by atoms with Gasteiger partial charge in [-0.2, -0.15) is 5.10 Å². The minimum Gasteiger partial charge on any atom is -0.346 e. The highest BCUT2D eigenvalue weighted by molar-refractivity contribution is 7.22. The van der Waals surface area contributed by atoms with Gasteiger partial charge in [0.15, 0.2) is 5.13 Å². The van der Waals surface area contributed by atoms with Crippen molar-refractivity contribution in [1.82, 2.24) is 24.6 Å². The Morgan fingerprint density at radius 2 is 1.96 bits per heavy atom. The van der Waals surface area contributed by atoms with E-state index in [1.807, 2.05) is 36.2 Å². The van der Waals surface area contributed by atoms with Crippen molar-refractivity contribution in [2.75, 3.05) is 31.1 Å². The van der Waals surface area contributed by atoms with Gasteiger partial charge >= 0.3 is 0 Å². The summed E-state index contributed by atoms with van der Waals surface area (Å²) >= 11 is 1.71. The van der Waals surface area contributed by atoms with E-state index in [-0.39, 0.29) is 5.91 Å². The van der Waals surface area contributed by atoms with E-state index in [1.165, 1.54) is 4.70 Å². The molecule has 4 heterocycles. The topological polar surface area (TPSA) is 67.2 Å². The van der Waals surface area contributed by atoms with E-state index in [0.29, 0.717) is 12.1 Å². The standard InChI is InChI=1S/C20H20N6OS/c1-24-17-11-14(12-21-16(17)13-22-24)19(27)25-7-4-8-26(10-9-25)20-23-15-5-2-3-6-18(15)28-20/h2-3,5-6,11-13H,4,7-10H2,1H3. The zero-order chi connectivity index (χ0) is 19.1. The van der Waals surface area contributed by atoms with Crippen molar-refractivity contribution >= 4 is 43.6 Å². The summed E-state index contributed by atoms with van der Waals surface area (Å²) in [7, 11) is 1.86. The summed E-state index contributed by atoms with van der Waals surface area (Å²) in [6.07, 6.45) is 4.29. The average molecular weight is 392 g/mol. The number of carbonyl (C=O) groups excluding carboxylic acids is 1. The molecule has 4 aromatic rings. The first-order valence-electron chi connectivity index (χ1n) is 9.36. The van der Waals surface area contributed by atoms with Crippen LogP contribution in [0.3, 0.4) is 0 Å². The van der Waals surface area contributed by atoms with Crippen LogP contribution < -0.4 is 4.90 Å². The number of thiazole rings is 1. The van der Waals surface area contributed by atoms with E-state index in [4.69, 9.17) is 4.98 Å². The molecule has 7 nitrogen and oxygen atoms in total. The molecular formula is C20H20N6OS. The molecule has 1 aliphatic heterocycles. The van der Waals surface area contributed by atoms with Gasteiger partial charge in [0.25, 0.3) is 5.91 Å². The minimum atomic E-state index is 0.0294. The van der Waals surface area contributed by atoms with Crippen molar-refractivity contribution in [2.24, 2.45) is 7.05 Å². The fourth-order valence-corrected chi connectivity index (χ4v) is 4.65. The molecule has 1 aliphatic rings. The number of aryl methyl sites for hydroxylation is 1. The molecule has 5 rings (SSSR count). The number of fused-ring (bicyclic) bond motifs is 2. The van der Waals surface area contributed by atoms with Crippen LogP contribution >= 0.6 is 11.3 Å². The summed E-state index contributed by atoms with van der Waals surface area (Å²) < 4.78 is 2.95. The highest BCUT2D eigenvalue weighted by Crippen LogP contribution is 2.29. The number of benzene rings is 1. The Balaban J connectivity index is 1.34. The van der Waals surface area contributed by atoms with E-state index in [0.717, 1.165) is 47.7 Å². The number of amides is 1. The molecule has 0 spiro atoms. The number of nitrogens with zero attached hydrogens (tertiary/aromatic N) is 6. The monoisotopic (exact) mass is 392 g/mol. The number of hydrogen-bond acceptors (Lipinski definition) is 6. The SMILES string of the molecule is Cn1ncc2ncc(C(=O)N3CCCN(c4nc5ccccc5s4)CC3)cc21. The van der Waals surface area contributed by atoms with Gasteiger partial charge in [-0.25, -0.2) is 4.98 Å². The van der Waals surface area contributed by atoms with Crippen LogP contribution in [0.2, 0.25) is 0 Å².